The lowest BCUT2D eigenvalue weighted by Gasteiger charge is -2.55. The van der Waals surface area contributed by atoms with Crippen LogP contribution in [0.25, 0.3) is 0 Å². The Morgan fingerprint density at radius 2 is 0.328 bits per heavy atom. The van der Waals surface area contributed by atoms with E-state index < -0.39 is 0 Å². The summed E-state index contributed by atoms with van der Waals surface area (Å²) in [5.74, 6) is 0. The van der Waals surface area contributed by atoms with Gasteiger partial charge in [0.15, 0.2) is 0 Å². The van der Waals surface area contributed by atoms with Gasteiger partial charge in [0, 0.05) is 0 Å². The zero-order valence-corrected chi connectivity index (χ0v) is 89.5. The molecule has 350 valence electrons. The lowest BCUT2D eigenvalue weighted by molar-refractivity contribution is 4.38. The Kier molecular flexibility index (Phi) is 65.9. The Balaban J connectivity index is 9.72. The second-order valence-electron chi connectivity index (χ2n) is 9.10. The van der Waals surface area contributed by atoms with Crippen molar-refractivity contribution in [1.29, 1.82) is 0 Å². The van der Waals surface area contributed by atoms with Crippen molar-refractivity contribution in [2.75, 3.05) is 0 Å². The van der Waals surface area contributed by atoms with Crippen LogP contribution in [0.1, 0.15) is 0 Å². The summed E-state index contributed by atoms with van der Waals surface area (Å²) in [4.78, 5) is 0. The molecule has 34 atom stereocenters. The van der Waals surface area contributed by atoms with Crippen LogP contribution >= 0.6 is 464 Å². The van der Waals surface area contributed by atoms with Crippen molar-refractivity contribution in [2.24, 2.45) is 0 Å². The average molecular weight is 1860 g/mol. The van der Waals surface area contributed by atoms with E-state index in [1.54, 1.807) is 0 Å². The summed E-state index contributed by atoms with van der Waals surface area (Å²) in [6.07, 6.45) is 0. The topological polar surface area (TPSA) is 0 Å². The minimum absolute atomic E-state index is 0.0558. The molecule has 0 rings (SSSR count). The Bertz CT molecular complexity index is 878. The first kappa shape index (κ1) is 82.9. The van der Waals surface area contributed by atoms with Crippen molar-refractivity contribution >= 4 is 464 Å². The van der Waals surface area contributed by atoms with Gasteiger partial charge < -0.3 is 0 Å². The van der Waals surface area contributed by atoms with Crippen molar-refractivity contribution in [2.45, 2.75) is 0 Å². The fourth-order valence-electron chi connectivity index (χ4n) is 3.36. The van der Waals surface area contributed by atoms with Crippen molar-refractivity contribution in [3.63, 3.8) is 0 Å². The zero-order chi connectivity index (χ0) is 46.0. The fraction of sp³-hybridized carbons (Fsp3) is 0. The molecule has 0 amide bonds. The van der Waals surface area contributed by atoms with Gasteiger partial charge in [0.1, 0.15) is 0 Å². The van der Waals surface area contributed by atoms with Gasteiger partial charge in [-0.05, 0) is 197 Å². The standard InChI is InChI=1S/H60P58/c1-30-46(32(2)3)55(45(28)29)47(56(49(33(4)5)34(6)7)50(35(8)9)36(10)11)31-48(57(51(37(12)13)38(14)15)52(39(16)17)40(18)19)58(53(41(20)21)42(22)23)54(43(24)25)44(26)27/h30-31H,1-29H2. The van der Waals surface area contributed by atoms with Crippen LogP contribution in [0.5, 0.6) is 0 Å². The maximum Gasteiger partial charge on any atom is -0.000962 e. The summed E-state index contributed by atoms with van der Waals surface area (Å²) in [7, 11) is 104. The molecule has 0 aliphatic rings. The predicted octanol–water partition coefficient (Wildman–Crippen LogP) is 33.9. The van der Waals surface area contributed by atoms with Gasteiger partial charge >= 0.3 is 0 Å². The molecule has 0 aliphatic heterocycles. The fourth-order valence-corrected chi connectivity index (χ4v) is 817. The molecular formula is H60P58. The molecule has 34 unspecified atom stereocenters. The predicted molar refractivity (Wildman–Crippen MR) is 485 cm³/mol. The second kappa shape index (κ2) is 46.1. The summed E-state index contributed by atoms with van der Waals surface area (Å²) in [6, 6.07) is 0. The van der Waals surface area contributed by atoms with Crippen LogP contribution in [0, 0.1) is 0 Å². The van der Waals surface area contributed by atoms with Crippen LogP contribution in [0.15, 0.2) is 0 Å². The highest BCUT2D eigenvalue weighted by Gasteiger charge is 2.55. The third-order valence-electron chi connectivity index (χ3n) is 5.01. The highest BCUT2D eigenvalue weighted by atomic mass is 33.5. The van der Waals surface area contributed by atoms with Crippen molar-refractivity contribution in [3.05, 3.63) is 0 Å². The Hall–Kier alpha value is 24.9. The van der Waals surface area contributed by atoms with Crippen LogP contribution in [0.2, 0.25) is 0 Å². The molecule has 0 aliphatic carbocycles. The minimum Gasteiger partial charge on any atom is -0.109 e. The Morgan fingerprint density at radius 1 is 0.172 bits per heavy atom. The molecule has 0 aromatic carbocycles. The molecule has 0 N–H and O–H groups in total. The molecule has 0 nitrogen and oxygen atoms in total. The molecule has 0 aromatic rings. The summed E-state index contributed by atoms with van der Waals surface area (Å²) >= 11 is 0. The van der Waals surface area contributed by atoms with Gasteiger partial charge in [-0.1, -0.05) is 7.96 Å². The second-order valence-corrected chi connectivity index (χ2v) is 246. The molecule has 0 spiro atoms. The van der Waals surface area contributed by atoms with E-state index in [0.29, 0.717) is 0 Å². The SMILES string of the molecule is PPP(P(P)P)P(P(P)P)P(PP(P(P(P(P)P)P(P)P)P(P(P)P)P(P)P)P(P(P(P)P)P(P)P)P(P(P)P)P(P)P)P(P(P(P)P)P(P)P)P(P(P)P)P(P)P. The lowest BCUT2D eigenvalue weighted by Crippen LogP contribution is -1.67. The minimum atomic E-state index is -0.200. The normalized spacial score (nSPS) is 16.3. The van der Waals surface area contributed by atoms with Crippen molar-refractivity contribution in [3.8, 4) is 0 Å². The van der Waals surface area contributed by atoms with E-state index in [0.717, 1.165) is 7.96 Å². The summed E-state index contributed by atoms with van der Waals surface area (Å²) < 4.78 is 0. The highest BCUT2D eigenvalue weighted by molar-refractivity contribution is 9.49. The zero-order valence-electron chi connectivity index (χ0n) is 29.8. The average Bonchev–Trinajstić information content (AvgIpc) is 3.01. The lowest BCUT2D eigenvalue weighted by atomic mass is 28.4. The van der Waals surface area contributed by atoms with Crippen LogP contribution in [0.4, 0.5) is 0 Å². The van der Waals surface area contributed by atoms with Crippen LogP contribution in [-0.2, 0) is 0 Å². The van der Waals surface area contributed by atoms with Gasteiger partial charge in [-0.15, -0.1) is 259 Å². The maximum absolute atomic E-state index is 3.58. The maximum atomic E-state index is 3.58. The first-order valence-corrected chi connectivity index (χ1v) is 119. The van der Waals surface area contributed by atoms with Gasteiger partial charge in [-0.2, -0.15) is 0 Å². The van der Waals surface area contributed by atoms with Gasteiger partial charge in [-0.25, -0.2) is 0 Å². The van der Waals surface area contributed by atoms with Crippen LogP contribution in [0.3, 0.4) is 0 Å². The Labute approximate surface area is 456 Å². The molecule has 0 saturated heterocycles. The summed E-state index contributed by atoms with van der Waals surface area (Å²) in [5.41, 5.74) is 0. The quantitative estimate of drug-likeness (QED) is 0.0685. The van der Waals surface area contributed by atoms with Gasteiger partial charge in [0.25, 0.3) is 0 Å². The highest BCUT2D eigenvalue weighted by Crippen LogP contribution is 3.43. The van der Waals surface area contributed by atoms with Gasteiger partial charge in [0.2, 0.25) is 0 Å². The molecule has 0 fully saturated rings. The van der Waals surface area contributed by atoms with E-state index in [4.69, 9.17) is 0 Å². The van der Waals surface area contributed by atoms with E-state index in [-0.39, 0.29) is 189 Å². The van der Waals surface area contributed by atoms with E-state index in [1.165, 1.54) is 7.96 Å². The van der Waals surface area contributed by atoms with Crippen molar-refractivity contribution < 1.29 is 0 Å². The van der Waals surface area contributed by atoms with E-state index in [2.05, 4.69) is 259 Å². The van der Waals surface area contributed by atoms with E-state index in [9.17, 15) is 0 Å². The molecule has 0 bridgehead atoms. The molecular weight excluding hydrogens is 1800 g/mol. The summed E-state index contributed by atoms with van der Waals surface area (Å²) in [6.45, 7) is -4.28. The van der Waals surface area contributed by atoms with E-state index in [1.807, 2.05) is 0 Å². The van der Waals surface area contributed by atoms with Crippen molar-refractivity contribution in [1.82, 2.24) is 0 Å². The number of hydrogen-bond acceptors (Lipinski definition) is 0. The number of rotatable bonds is 28. The largest absolute Gasteiger partial charge is 0.109 e. The van der Waals surface area contributed by atoms with E-state index >= 15 is 0 Å². The smallest absolute Gasteiger partial charge is 0.000962 e. The van der Waals surface area contributed by atoms with Crippen LogP contribution in [-0.4, -0.2) is 0 Å². The van der Waals surface area contributed by atoms with Gasteiger partial charge in [0.05, 0.1) is 0 Å². The Morgan fingerprint density at radius 3 is 0.448 bits per heavy atom. The molecule has 0 saturated carbocycles. The van der Waals surface area contributed by atoms with Crippen LogP contribution < -0.4 is 0 Å². The monoisotopic (exact) mass is 1860 g/mol. The molecule has 58 heavy (non-hydrogen) atoms. The molecule has 0 aromatic heterocycles. The number of hydrogen-bond donors (Lipinski definition) is 0. The molecule has 0 heterocycles. The summed E-state index contributed by atoms with van der Waals surface area (Å²) in [5, 5.41) is 0. The molecule has 0 radical (unpaired) electrons. The van der Waals surface area contributed by atoms with Gasteiger partial charge in [-0.3, -0.25) is 0 Å². The molecule has 58 heteroatoms. The third kappa shape index (κ3) is 30.2. The third-order valence-corrected chi connectivity index (χ3v) is 405. The first-order valence-electron chi connectivity index (χ1n) is 13.2. The first-order chi connectivity index (χ1) is 26.4.